The van der Waals surface area contributed by atoms with Crippen molar-refractivity contribution in [3.63, 3.8) is 0 Å². The summed E-state index contributed by atoms with van der Waals surface area (Å²) in [6.45, 7) is 1.94. The topological polar surface area (TPSA) is 88.8 Å². The van der Waals surface area contributed by atoms with Crippen LogP contribution in [0.1, 0.15) is 15.9 Å². The Morgan fingerprint density at radius 2 is 1.84 bits per heavy atom. The number of rotatable bonds is 4. The number of carbonyl (C=O) groups is 2. The zero-order valence-electron chi connectivity index (χ0n) is 17.7. The first-order chi connectivity index (χ1) is 15.4. The molecule has 162 valence electrons. The number of hydrogen-bond donors (Lipinski definition) is 1. The van der Waals surface area contributed by atoms with Gasteiger partial charge in [0.1, 0.15) is 11.5 Å². The van der Waals surface area contributed by atoms with Crippen molar-refractivity contribution in [2.75, 3.05) is 24.4 Å². The SMILES string of the molecule is COC(=O)Nc1ccc(-c2cnc3c(C)cc(N(C)C(=O)c4ccc(Cl)cc4)cn23)cn1. The van der Waals surface area contributed by atoms with Crippen LogP contribution in [-0.2, 0) is 4.74 Å². The van der Waals surface area contributed by atoms with E-state index in [-0.39, 0.29) is 5.91 Å². The van der Waals surface area contributed by atoms with Gasteiger partial charge < -0.3 is 9.64 Å². The Balaban J connectivity index is 1.69. The van der Waals surface area contributed by atoms with E-state index < -0.39 is 6.09 Å². The van der Waals surface area contributed by atoms with Gasteiger partial charge in [0.25, 0.3) is 5.91 Å². The van der Waals surface area contributed by atoms with Crippen LogP contribution in [-0.4, -0.2) is 40.5 Å². The van der Waals surface area contributed by atoms with Crippen molar-refractivity contribution in [1.29, 1.82) is 0 Å². The first-order valence-electron chi connectivity index (χ1n) is 9.70. The van der Waals surface area contributed by atoms with Crippen LogP contribution in [0.3, 0.4) is 0 Å². The highest BCUT2D eigenvalue weighted by atomic mass is 35.5. The molecule has 0 aliphatic rings. The summed E-state index contributed by atoms with van der Waals surface area (Å²) in [5.41, 5.74) is 4.55. The predicted molar refractivity (Wildman–Crippen MR) is 123 cm³/mol. The van der Waals surface area contributed by atoms with E-state index in [1.165, 1.54) is 7.11 Å². The number of methoxy groups -OCH3 is 1. The van der Waals surface area contributed by atoms with E-state index >= 15 is 0 Å². The second-order valence-corrected chi connectivity index (χ2v) is 7.57. The van der Waals surface area contributed by atoms with Crippen LogP contribution in [0.25, 0.3) is 16.9 Å². The van der Waals surface area contributed by atoms with Crippen LogP contribution in [0.5, 0.6) is 0 Å². The minimum Gasteiger partial charge on any atom is -0.453 e. The van der Waals surface area contributed by atoms with Crippen LogP contribution in [0.15, 0.2) is 61.1 Å². The number of amides is 2. The smallest absolute Gasteiger partial charge is 0.412 e. The molecular weight excluding hydrogens is 430 g/mol. The summed E-state index contributed by atoms with van der Waals surface area (Å²) >= 11 is 5.94. The van der Waals surface area contributed by atoms with E-state index in [4.69, 9.17) is 11.6 Å². The van der Waals surface area contributed by atoms with E-state index in [0.29, 0.717) is 22.1 Å². The second kappa shape index (κ2) is 8.68. The summed E-state index contributed by atoms with van der Waals surface area (Å²) in [5, 5.41) is 3.09. The molecule has 4 aromatic rings. The number of aryl methyl sites for hydroxylation is 1. The van der Waals surface area contributed by atoms with Gasteiger partial charge in [-0.25, -0.2) is 14.8 Å². The van der Waals surface area contributed by atoms with Gasteiger partial charge in [-0.05, 0) is 55.0 Å². The van der Waals surface area contributed by atoms with Crippen molar-refractivity contribution in [3.05, 3.63) is 77.2 Å². The lowest BCUT2D eigenvalue weighted by Crippen LogP contribution is -2.26. The quantitative estimate of drug-likeness (QED) is 0.482. The molecule has 0 saturated heterocycles. The third kappa shape index (κ3) is 4.13. The summed E-state index contributed by atoms with van der Waals surface area (Å²) < 4.78 is 6.49. The first-order valence-corrected chi connectivity index (χ1v) is 10.1. The summed E-state index contributed by atoms with van der Waals surface area (Å²) in [7, 11) is 3.01. The van der Waals surface area contributed by atoms with Gasteiger partial charge in [0.05, 0.1) is 24.7 Å². The van der Waals surface area contributed by atoms with Gasteiger partial charge in [-0.1, -0.05) is 11.6 Å². The minimum absolute atomic E-state index is 0.151. The molecule has 0 spiro atoms. The molecule has 32 heavy (non-hydrogen) atoms. The maximum atomic E-state index is 13.0. The van der Waals surface area contributed by atoms with Crippen molar-refractivity contribution in [1.82, 2.24) is 14.4 Å². The van der Waals surface area contributed by atoms with Gasteiger partial charge in [0.2, 0.25) is 0 Å². The van der Waals surface area contributed by atoms with Gasteiger partial charge >= 0.3 is 6.09 Å². The summed E-state index contributed by atoms with van der Waals surface area (Å²) in [4.78, 5) is 34.7. The number of fused-ring (bicyclic) bond motifs is 1. The molecule has 3 heterocycles. The van der Waals surface area contributed by atoms with Crippen LogP contribution < -0.4 is 10.2 Å². The summed E-state index contributed by atoms with van der Waals surface area (Å²) in [6, 6.07) is 12.2. The minimum atomic E-state index is -0.589. The number of anilines is 2. The van der Waals surface area contributed by atoms with E-state index in [1.807, 2.05) is 29.7 Å². The van der Waals surface area contributed by atoms with Crippen LogP contribution in [0, 0.1) is 6.92 Å². The molecular formula is C23H20ClN5O3. The molecule has 3 aromatic heterocycles. The molecule has 0 aliphatic carbocycles. The Bertz CT molecular complexity index is 1300. The zero-order valence-corrected chi connectivity index (χ0v) is 18.4. The van der Waals surface area contributed by atoms with E-state index in [1.54, 1.807) is 54.7 Å². The predicted octanol–water partition coefficient (Wildman–Crippen LogP) is 4.81. The van der Waals surface area contributed by atoms with E-state index in [9.17, 15) is 9.59 Å². The molecule has 1 aromatic carbocycles. The Kier molecular flexibility index (Phi) is 5.79. The van der Waals surface area contributed by atoms with E-state index in [2.05, 4.69) is 20.0 Å². The standard InChI is InChI=1S/C23H20ClN5O3/c1-14-10-18(28(2)22(30)15-4-7-17(24)8-5-15)13-29-19(12-26-21(14)29)16-6-9-20(25-11-16)27-23(31)32-3/h4-13H,1-3H3,(H,25,27,31). The molecule has 2 amide bonds. The fraction of sp³-hybridized carbons (Fsp3) is 0.130. The lowest BCUT2D eigenvalue weighted by molar-refractivity contribution is 0.0993. The maximum Gasteiger partial charge on any atom is 0.412 e. The van der Waals surface area contributed by atoms with Gasteiger partial charge in [-0.15, -0.1) is 0 Å². The molecule has 0 bridgehead atoms. The van der Waals surface area contributed by atoms with Crippen LogP contribution in [0.4, 0.5) is 16.3 Å². The summed E-state index contributed by atoms with van der Waals surface area (Å²) in [6.07, 6.45) is 4.66. The number of ether oxygens (including phenoxy) is 1. The molecule has 1 N–H and O–H groups in total. The highest BCUT2D eigenvalue weighted by Crippen LogP contribution is 2.27. The van der Waals surface area contributed by atoms with Crippen molar-refractivity contribution >= 4 is 40.8 Å². The Morgan fingerprint density at radius 1 is 1.09 bits per heavy atom. The van der Waals surface area contributed by atoms with Crippen molar-refractivity contribution in [3.8, 4) is 11.3 Å². The average molecular weight is 450 g/mol. The lowest BCUT2D eigenvalue weighted by Gasteiger charge is -2.19. The molecule has 0 radical (unpaired) electrons. The number of imidazole rings is 1. The molecule has 0 unspecified atom stereocenters. The molecule has 0 fully saturated rings. The fourth-order valence-corrected chi connectivity index (χ4v) is 3.44. The normalized spacial score (nSPS) is 10.8. The van der Waals surface area contributed by atoms with Gasteiger partial charge in [-0.3, -0.25) is 14.5 Å². The van der Waals surface area contributed by atoms with Crippen molar-refractivity contribution < 1.29 is 14.3 Å². The van der Waals surface area contributed by atoms with Crippen molar-refractivity contribution in [2.45, 2.75) is 6.92 Å². The molecule has 9 heteroatoms. The summed E-state index contributed by atoms with van der Waals surface area (Å²) in [5.74, 6) is 0.224. The number of pyridine rings is 2. The zero-order chi connectivity index (χ0) is 22.8. The fourth-order valence-electron chi connectivity index (χ4n) is 3.31. The molecule has 0 aliphatic heterocycles. The Hall–Kier alpha value is -3.91. The van der Waals surface area contributed by atoms with Crippen LogP contribution in [0.2, 0.25) is 5.02 Å². The number of halogens is 1. The first kappa shape index (κ1) is 21.3. The number of hydrogen-bond acceptors (Lipinski definition) is 5. The number of nitrogens with zero attached hydrogens (tertiary/aromatic N) is 4. The lowest BCUT2D eigenvalue weighted by atomic mass is 10.2. The maximum absolute atomic E-state index is 13.0. The highest BCUT2D eigenvalue weighted by Gasteiger charge is 2.17. The Morgan fingerprint density at radius 3 is 2.50 bits per heavy atom. The molecule has 8 nitrogen and oxygen atoms in total. The average Bonchev–Trinajstić information content (AvgIpc) is 3.23. The second-order valence-electron chi connectivity index (χ2n) is 7.14. The molecule has 0 saturated carbocycles. The molecule has 4 rings (SSSR count). The molecule has 0 atom stereocenters. The van der Waals surface area contributed by atoms with Gasteiger partial charge in [0, 0.05) is 35.6 Å². The van der Waals surface area contributed by atoms with Crippen LogP contribution >= 0.6 is 11.6 Å². The highest BCUT2D eigenvalue weighted by molar-refractivity contribution is 6.30. The van der Waals surface area contributed by atoms with Crippen molar-refractivity contribution in [2.24, 2.45) is 0 Å². The monoisotopic (exact) mass is 449 g/mol. The Labute approximate surface area is 189 Å². The number of carbonyl (C=O) groups excluding carboxylic acids is 2. The van der Waals surface area contributed by atoms with E-state index in [0.717, 1.165) is 22.5 Å². The van der Waals surface area contributed by atoms with Gasteiger partial charge in [0.15, 0.2) is 0 Å². The number of nitrogens with one attached hydrogen (secondary N) is 1. The van der Waals surface area contributed by atoms with Gasteiger partial charge in [-0.2, -0.15) is 0 Å². The third-order valence-corrected chi connectivity index (χ3v) is 5.29. The largest absolute Gasteiger partial charge is 0.453 e. The number of benzene rings is 1. The number of aromatic nitrogens is 3. The third-order valence-electron chi connectivity index (χ3n) is 5.03.